The van der Waals surface area contributed by atoms with E-state index in [1.165, 1.54) is 0 Å². The van der Waals surface area contributed by atoms with Crippen molar-refractivity contribution < 1.29 is 13.9 Å². The Labute approximate surface area is 105 Å². The summed E-state index contributed by atoms with van der Waals surface area (Å²) in [6, 6.07) is 13.5. The van der Waals surface area contributed by atoms with Crippen LogP contribution in [0.1, 0.15) is 17.6 Å². The molecule has 1 aliphatic heterocycles. The molecule has 1 unspecified atom stereocenters. The van der Waals surface area contributed by atoms with Gasteiger partial charge >= 0.3 is 5.97 Å². The van der Waals surface area contributed by atoms with Crippen LogP contribution in [0.2, 0.25) is 0 Å². The molecule has 0 aliphatic carbocycles. The summed E-state index contributed by atoms with van der Waals surface area (Å²) in [6.45, 7) is 0.860. The van der Waals surface area contributed by atoms with Gasteiger partial charge in [-0.3, -0.25) is 4.79 Å². The maximum atomic E-state index is 11.5. The number of benzene rings is 1. The third-order valence-electron chi connectivity index (χ3n) is 2.93. The van der Waals surface area contributed by atoms with E-state index in [1.807, 2.05) is 47.4 Å². The highest BCUT2D eigenvalue weighted by Crippen LogP contribution is 2.28. The van der Waals surface area contributed by atoms with Crippen molar-refractivity contribution in [3.05, 3.63) is 60.1 Å². The Hall–Kier alpha value is -2.07. The number of nitrogens with zero attached hydrogens (tertiary/aromatic N) is 1. The molecule has 1 aromatic carbocycles. The average molecular weight is 243 g/mol. The largest absolute Gasteiger partial charge is 0.468 e. The van der Waals surface area contributed by atoms with Gasteiger partial charge in [-0.15, -0.1) is 0 Å². The summed E-state index contributed by atoms with van der Waals surface area (Å²) >= 11 is 0. The Balaban J connectivity index is 1.81. The van der Waals surface area contributed by atoms with E-state index in [4.69, 9.17) is 9.15 Å². The van der Waals surface area contributed by atoms with E-state index in [2.05, 4.69) is 0 Å². The number of hydrogen-bond acceptors (Lipinski definition) is 4. The fourth-order valence-corrected chi connectivity index (χ4v) is 2.12. The lowest BCUT2D eigenvalue weighted by Gasteiger charge is -2.20. The molecule has 0 N–H and O–H groups in total. The molecule has 1 aliphatic rings. The molecule has 1 aromatic heterocycles. The van der Waals surface area contributed by atoms with Crippen molar-refractivity contribution in [3.63, 3.8) is 0 Å². The normalized spacial score (nSPS) is 20.0. The number of carbonyl (C=O) groups is 1. The van der Waals surface area contributed by atoms with Gasteiger partial charge in [-0.1, -0.05) is 30.3 Å². The molecule has 1 fully saturated rings. The molecule has 0 amide bonds. The summed E-state index contributed by atoms with van der Waals surface area (Å²) in [5, 5.41) is 0. The van der Waals surface area contributed by atoms with Crippen LogP contribution in [0.5, 0.6) is 0 Å². The maximum Gasteiger partial charge on any atom is 0.322 e. The molecule has 2 aromatic rings. The minimum atomic E-state index is -0.316. The quantitative estimate of drug-likeness (QED) is 0.776. The first-order chi connectivity index (χ1) is 8.83. The van der Waals surface area contributed by atoms with E-state index < -0.39 is 0 Å². The molecule has 1 atom stereocenters. The predicted octanol–water partition coefficient (Wildman–Crippen LogP) is 2.34. The molecule has 3 rings (SSSR count). The van der Waals surface area contributed by atoms with Gasteiger partial charge < -0.3 is 9.15 Å². The molecule has 0 saturated carbocycles. The van der Waals surface area contributed by atoms with Crippen LogP contribution < -0.4 is 0 Å². The highest BCUT2D eigenvalue weighted by molar-refractivity contribution is 5.73. The second-order valence-electron chi connectivity index (χ2n) is 4.24. The standard InChI is InChI=1S/C14H13NO3/c16-13-10-15(9-12-7-4-8-17-12)14(18-13)11-5-2-1-3-6-11/h1-8,14H,9-10H2. The van der Waals surface area contributed by atoms with Crippen LogP contribution in [-0.4, -0.2) is 17.4 Å². The van der Waals surface area contributed by atoms with E-state index in [1.54, 1.807) is 6.26 Å². The number of furan rings is 1. The fraction of sp³-hybridized carbons (Fsp3) is 0.214. The molecular weight excluding hydrogens is 230 g/mol. The molecule has 0 radical (unpaired) electrons. The first-order valence-electron chi connectivity index (χ1n) is 5.84. The molecule has 4 nitrogen and oxygen atoms in total. The van der Waals surface area contributed by atoms with Gasteiger partial charge in [0.15, 0.2) is 6.23 Å². The summed E-state index contributed by atoms with van der Waals surface area (Å²) in [7, 11) is 0. The lowest BCUT2D eigenvalue weighted by atomic mass is 10.2. The molecule has 2 heterocycles. The lowest BCUT2D eigenvalue weighted by Crippen LogP contribution is -2.23. The Bertz CT molecular complexity index is 521. The third kappa shape index (κ3) is 2.15. The van der Waals surface area contributed by atoms with Crippen molar-refractivity contribution in [1.29, 1.82) is 0 Å². The van der Waals surface area contributed by atoms with Gasteiger partial charge in [-0.05, 0) is 12.1 Å². The van der Waals surface area contributed by atoms with Crippen molar-refractivity contribution >= 4 is 5.97 Å². The Morgan fingerprint density at radius 1 is 1.17 bits per heavy atom. The minimum Gasteiger partial charge on any atom is -0.468 e. The monoisotopic (exact) mass is 243 g/mol. The Morgan fingerprint density at radius 3 is 2.72 bits per heavy atom. The zero-order valence-corrected chi connectivity index (χ0v) is 9.78. The van der Waals surface area contributed by atoms with Crippen LogP contribution in [0.3, 0.4) is 0 Å². The van der Waals surface area contributed by atoms with Gasteiger partial charge in [0.25, 0.3) is 0 Å². The van der Waals surface area contributed by atoms with Gasteiger partial charge in [0, 0.05) is 5.56 Å². The third-order valence-corrected chi connectivity index (χ3v) is 2.93. The Morgan fingerprint density at radius 2 is 2.00 bits per heavy atom. The van der Waals surface area contributed by atoms with Crippen LogP contribution in [-0.2, 0) is 16.1 Å². The number of esters is 1. The van der Waals surface area contributed by atoms with Crippen molar-refractivity contribution in [2.45, 2.75) is 12.8 Å². The Kier molecular flexibility index (Phi) is 2.86. The topological polar surface area (TPSA) is 42.7 Å². The van der Waals surface area contributed by atoms with Crippen LogP contribution in [0.4, 0.5) is 0 Å². The van der Waals surface area contributed by atoms with Crippen LogP contribution in [0.25, 0.3) is 0 Å². The summed E-state index contributed by atoms with van der Waals surface area (Å²) in [5.41, 5.74) is 0.981. The van der Waals surface area contributed by atoms with Crippen LogP contribution >= 0.6 is 0 Å². The second kappa shape index (κ2) is 4.66. The SMILES string of the molecule is O=C1CN(Cc2ccco2)C(c2ccccc2)O1. The average Bonchev–Trinajstić information content (AvgIpc) is 3.01. The molecule has 4 heteroatoms. The molecule has 0 spiro atoms. The van der Waals surface area contributed by atoms with Gasteiger partial charge in [0.2, 0.25) is 0 Å². The number of rotatable bonds is 3. The van der Waals surface area contributed by atoms with Gasteiger partial charge in [-0.2, -0.15) is 0 Å². The van der Waals surface area contributed by atoms with E-state index in [9.17, 15) is 4.79 Å². The molecule has 0 bridgehead atoms. The first-order valence-corrected chi connectivity index (χ1v) is 5.84. The molecule has 18 heavy (non-hydrogen) atoms. The number of cyclic esters (lactones) is 1. The van der Waals surface area contributed by atoms with E-state index in [0.29, 0.717) is 13.1 Å². The number of carbonyl (C=O) groups excluding carboxylic acids is 1. The number of hydrogen-bond donors (Lipinski definition) is 0. The van der Waals surface area contributed by atoms with Crippen LogP contribution in [0.15, 0.2) is 53.1 Å². The lowest BCUT2D eigenvalue weighted by molar-refractivity contribution is -0.141. The van der Waals surface area contributed by atoms with E-state index >= 15 is 0 Å². The highest BCUT2D eigenvalue weighted by atomic mass is 16.6. The van der Waals surface area contributed by atoms with Crippen molar-refractivity contribution in [1.82, 2.24) is 4.90 Å². The van der Waals surface area contributed by atoms with Crippen molar-refractivity contribution in [3.8, 4) is 0 Å². The second-order valence-corrected chi connectivity index (χ2v) is 4.24. The van der Waals surface area contributed by atoms with Crippen molar-refractivity contribution in [2.24, 2.45) is 0 Å². The highest BCUT2D eigenvalue weighted by Gasteiger charge is 2.33. The summed E-state index contributed by atoms with van der Waals surface area (Å²) in [4.78, 5) is 13.4. The first kappa shape index (κ1) is 11.0. The maximum absolute atomic E-state index is 11.5. The van der Waals surface area contributed by atoms with Gasteiger partial charge in [-0.25, -0.2) is 4.90 Å². The smallest absolute Gasteiger partial charge is 0.322 e. The summed E-state index contributed by atoms with van der Waals surface area (Å²) in [5.74, 6) is 0.629. The minimum absolute atomic E-state index is 0.199. The fourth-order valence-electron chi connectivity index (χ4n) is 2.12. The zero-order chi connectivity index (χ0) is 12.4. The molecular formula is C14H13NO3. The molecule has 1 saturated heterocycles. The van der Waals surface area contributed by atoms with Crippen molar-refractivity contribution in [2.75, 3.05) is 6.54 Å². The van der Waals surface area contributed by atoms with E-state index in [-0.39, 0.29) is 12.2 Å². The van der Waals surface area contributed by atoms with E-state index in [0.717, 1.165) is 11.3 Å². The number of ether oxygens (including phenoxy) is 1. The van der Waals surface area contributed by atoms with Gasteiger partial charge in [0.1, 0.15) is 12.3 Å². The van der Waals surface area contributed by atoms with Gasteiger partial charge in [0.05, 0.1) is 12.8 Å². The molecule has 92 valence electrons. The predicted molar refractivity (Wildman–Crippen MR) is 64.4 cm³/mol. The zero-order valence-electron chi connectivity index (χ0n) is 9.78. The summed E-state index contributed by atoms with van der Waals surface area (Å²) in [6.07, 6.45) is 1.31. The summed E-state index contributed by atoms with van der Waals surface area (Å²) < 4.78 is 10.7. The van der Waals surface area contributed by atoms with Crippen LogP contribution in [0, 0.1) is 0 Å².